The van der Waals surface area contributed by atoms with Crippen molar-refractivity contribution in [2.75, 3.05) is 0 Å². The molecule has 0 aliphatic rings. The largest absolute Gasteiger partial charge is 0.478 e. The Bertz CT molecular complexity index is 672. The van der Waals surface area contributed by atoms with Crippen molar-refractivity contribution in [2.45, 2.75) is 31.4 Å². The van der Waals surface area contributed by atoms with Crippen molar-refractivity contribution in [3.8, 4) is 0 Å². The van der Waals surface area contributed by atoms with Gasteiger partial charge in [-0.1, -0.05) is 33.6 Å². The smallest absolute Gasteiger partial charge is 0.336 e. The zero-order valence-corrected chi connectivity index (χ0v) is 14.6. The first-order valence-corrected chi connectivity index (χ1v) is 8.38. The van der Waals surface area contributed by atoms with E-state index in [4.69, 9.17) is 0 Å². The van der Waals surface area contributed by atoms with E-state index < -0.39 is 5.97 Å². The fourth-order valence-electron chi connectivity index (χ4n) is 2.38. The number of carboxylic acid groups (broad SMARTS) is 1. The molecule has 110 valence electrons. The summed E-state index contributed by atoms with van der Waals surface area (Å²) < 4.78 is 0.896. The minimum absolute atomic E-state index is 0.352. The molecule has 0 spiro atoms. The SMILES string of the molecule is Cc1cc(C)c(CSc2cc(Br)ccc2C(=O)O)c(C)c1. The molecule has 0 unspecified atom stereocenters. The second-order valence-electron chi connectivity index (χ2n) is 5.11. The lowest BCUT2D eigenvalue weighted by atomic mass is 10.0. The highest BCUT2D eigenvalue weighted by Gasteiger charge is 2.12. The van der Waals surface area contributed by atoms with Gasteiger partial charge >= 0.3 is 5.97 Å². The summed E-state index contributed by atoms with van der Waals surface area (Å²) in [5.74, 6) is -0.114. The van der Waals surface area contributed by atoms with Crippen LogP contribution in [0, 0.1) is 20.8 Å². The Hall–Kier alpha value is -1.26. The van der Waals surface area contributed by atoms with Crippen molar-refractivity contribution in [2.24, 2.45) is 0 Å². The van der Waals surface area contributed by atoms with Gasteiger partial charge in [0.15, 0.2) is 0 Å². The highest BCUT2D eigenvalue weighted by atomic mass is 79.9. The summed E-state index contributed by atoms with van der Waals surface area (Å²) in [6.45, 7) is 6.30. The van der Waals surface area contributed by atoms with Crippen molar-refractivity contribution in [3.05, 3.63) is 62.6 Å². The van der Waals surface area contributed by atoms with E-state index in [9.17, 15) is 9.90 Å². The number of benzene rings is 2. The number of thioether (sulfide) groups is 1. The quantitative estimate of drug-likeness (QED) is 0.741. The second-order valence-corrected chi connectivity index (χ2v) is 7.04. The second kappa shape index (κ2) is 6.67. The minimum atomic E-state index is -0.887. The number of aromatic carboxylic acids is 1. The van der Waals surface area contributed by atoms with Gasteiger partial charge in [0.1, 0.15) is 0 Å². The molecule has 0 aliphatic heterocycles. The molecule has 0 heterocycles. The third kappa shape index (κ3) is 3.89. The molecule has 0 radical (unpaired) electrons. The molecule has 2 aromatic rings. The highest BCUT2D eigenvalue weighted by Crippen LogP contribution is 2.31. The van der Waals surface area contributed by atoms with Crippen LogP contribution in [0.3, 0.4) is 0 Å². The predicted molar refractivity (Wildman–Crippen MR) is 91.3 cm³/mol. The summed E-state index contributed by atoms with van der Waals surface area (Å²) in [5, 5.41) is 9.27. The molecule has 0 saturated heterocycles. The van der Waals surface area contributed by atoms with Crippen molar-refractivity contribution >= 4 is 33.7 Å². The summed E-state index contributed by atoms with van der Waals surface area (Å²) in [6.07, 6.45) is 0. The van der Waals surface area contributed by atoms with E-state index in [0.717, 1.165) is 15.1 Å². The van der Waals surface area contributed by atoms with Crippen LogP contribution < -0.4 is 0 Å². The molecular formula is C17H17BrO2S. The zero-order valence-electron chi connectivity index (χ0n) is 12.2. The van der Waals surface area contributed by atoms with Crippen LogP contribution in [-0.2, 0) is 5.75 Å². The summed E-state index contributed by atoms with van der Waals surface area (Å²) >= 11 is 4.97. The zero-order chi connectivity index (χ0) is 15.6. The third-order valence-corrected chi connectivity index (χ3v) is 4.96. The van der Waals surface area contributed by atoms with Gasteiger partial charge in [-0.15, -0.1) is 11.8 Å². The molecule has 2 nitrogen and oxygen atoms in total. The van der Waals surface area contributed by atoms with E-state index in [2.05, 4.69) is 48.8 Å². The van der Waals surface area contributed by atoms with Gasteiger partial charge in [-0.05, 0) is 55.7 Å². The Balaban J connectivity index is 2.28. The molecule has 0 saturated carbocycles. The first kappa shape index (κ1) is 16.1. The average Bonchev–Trinajstić information content (AvgIpc) is 2.37. The van der Waals surface area contributed by atoms with Gasteiger partial charge in [-0.25, -0.2) is 4.79 Å². The Morgan fingerprint density at radius 1 is 1.14 bits per heavy atom. The van der Waals surface area contributed by atoms with Gasteiger partial charge in [-0.3, -0.25) is 0 Å². The molecule has 4 heteroatoms. The molecule has 0 fully saturated rings. The summed E-state index contributed by atoms with van der Waals surface area (Å²) in [5.41, 5.74) is 5.40. The number of aryl methyl sites for hydroxylation is 3. The highest BCUT2D eigenvalue weighted by molar-refractivity contribution is 9.10. The molecule has 21 heavy (non-hydrogen) atoms. The van der Waals surface area contributed by atoms with Gasteiger partial charge in [0.05, 0.1) is 5.56 Å². The van der Waals surface area contributed by atoms with E-state index in [-0.39, 0.29) is 0 Å². The van der Waals surface area contributed by atoms with E-state index in [1.54, 1.807) is 23.9 Å². The summed E-state index contributed by atoms with van der Waals surface area (Å²) in [4.78, 5) is 12.1. The number of rotatable bonds is 4. The van der Waals surface area contributed by atoms with Crippen molar-refractivity contribution in [3.63, 3.8) is 0 Å². The molecule has 2 aromatic carbocycles. The molecule has 0 amide bonds. The van der Waals surface area contributed by atoms with Crippen LogP contribution in [0.15, 0.2) is 39.7 Å². The average molecular weight is 365 g/mol. The normalized spacial score (nSPS) is 10.7. The summed E-state index contributed by atoms with van der Waals surface area (Å²) in [6, 6.07) is 9.61. The number of hydrogen-bond acceptors (Lipinski definition) is 2. The van der Waals surface area contributed by atoms with E-state index >= 15 is 0 Å². The fourth-order valence-corrected chi connectivity index (χ4v) is 4.17. The van der Waals surface area contributed by atoms with Crippen LogP contribution in [0.2, 0.25) is 0 Å². The van der Waals surface area contributed by atoms with Crippen molar-refractivity contribution in [1.82, 2.24) is 0 Å². The molecule has 0 bridgehead atoms. The van der Waals surface area contributed by atoms with Gasteiger partial charge < -0.3 is 5.11 Å². The van der Waals surface area contributed by atoms with Crippen LogP contribution in [0.4, 0.5) is 0 Å². The first-order chi connectivity index (χ1) is 9.88. The lowest BCUT2D eigenvalue weighted by Gasteiger charge is -2.12. The first-order valence-electron chi connectivity index (χ1n) is 6.61. The maximum absolute atomic E-state index is 11.3. The van der Waals surface area contributed by atoms with Crippen LogP contribution in [0.25, 0.3) is 0 Å². The predicted octanol–water partition coefficient (Wildman–Crippen LogP) is 5.36. The molecule has 2 rings (SSSR count). The van der Waals surface area contributed by atoms with Crippen molar-refractivity contribution < 1.29 is 9.90 Å². The molecule has 0 aliphatic carbocycles. The number of carboxylic acids is 1. The third-order valence-electron chi connectivity index (χ3n) is 3.39. The molecule has 1 N–H and O–H groups in total. The van der Waals surface area contributed by atoms with Crippen molar-refractivity contribution in [1.29, 1.82) is 0 Å². The van der Waals surface area contributed by atoms with Crippen LogP contribution >= 0.6 is 27.7 Å². The Kier molecular flexibility index (Phi) is 5.12. The van der Waals surface area contributed by atoms with E-state index in [0.29, 0.717) is 5.56 Å². The minimum Gasteiger partial charge on any atom is -0.478 e. The topological polar surface area (TPSA) is 37.3 Å². The van der Waals surface area contributed by atoms with Gasteiger partial charge in [-0.2, -0.15) is 0 Å². The lowest BCUT2D eigenvalue weighted by Crippen LogP contribution is -1.99. The van der Waals surface area contributed by atoms with Gasteiger partial charge in [0.25, 0.3) is 0 Å². The molecule has 0 aromatic heterocycles. The number of carbonyl (C=O) groups is 1. The fraction of sp³-hybridized carbons (Fsp3) is 0.235. The molecule has 0 atom stereocenters. The Morgan fingerprint density at radius 3 is 2.33 bits per heavy atom. The molecular weight excluding hydrogens is 348 g/mol. The van der Waals surface area contributed by atoms with E-state index in [1.807, 2.05) is 6.07 Å². The van der Waals surface area contributed by atoms with Gasteiger partial charge in [0.2, 0.25) is 0 Å². The maximum atomic E-state index is 11.3. The lowest BCUT2D eigenvalue weighted by molar-refractivity contribution is 0.0693. The van der Waals surface area contributed by atoms with Crippen LogP contribution in [0.5, 0.6) is 0 Å². The Morgan fingerprint density at radius 2 is 1.76 bits per heavy atom. The standard InChI is InChI=1S/C17H17BrO2S/c1-10-6-11(2)15(12(3)7-10)9-21-16-8-13(18)4-5-14(16)17(19)20/h4-8H,9H2,1-3H3,(H,19,20). The van der Waals surface area contributed by atoms with Crippen LogP contribution in [0.1, 0.15) is 32.6 Å². The Labute approximate surface area is 137 Å². The summed E-state index contributed by atoms with van der Waals surface area (Å²) in [7, 11) is 0. The maximum Gasteiger partial charge on any atom is 0.336 e. The van der Waals surface area contributed by atoms with Crippen LogP contribution in [-0.4, -0.2) is 11.1 Å². The van der Waals surface area contributed by atoms with E-state index in [1.165, 1.54) is 22.3 Å². The van der Waals surface area contributed by atoms with Gasteiger partial charge in [0, 0.05) is 15.1 Å². The monoisotopic (exact) mass is 364 g/mol. The number of halogens is 1. The number of hydrogen-bond donors (Lipinski definition) is 1.